The Balaban J connectivity index is 2.11. The van der Waals surface area contributed by atoms with Gasteiger partial charge in [-0.3, -0.25) is 0 Å². The summed E-state index contributed by atoms with van der Waals surface area (Å²) in [6.07, 6.45) is -1.36. The first-order valence-electron chi connectivity index (χ1n) is 3.89. The van der Waals surface area contributed by atoms with Crippen molar-refractivity contribution in [3.63, 3.8) is 0 Å². The summed E-state index contributed by atoms with van der Waals surface area (Å²) in [7, 11) is 0. The van der Waals surface area contributed by atoms with Crippen LogP contribution in [0.15, 0.2) is 5.38 Å². The van der Waals surface area contributed by atoms with E-state index in [1.807, 2.05) is 10.3 Å². The van der Waals surface area contributed by atoms with Crippen molar-refractivity contribution in [3.05, 3.63) is 9.85 Å². The molecule has 2 heterocycles. The minimum atomic E-state index is -0.680. The summed E-state index contributed by atoms with van der Waals surface area (Å²) in [6, 6.07) is 0. The molecule has 2 rings (SSSR count). The third-order valence-corrected chi connectivity index (χ3v) is 3.01. The number of anilines is 1. The van der Waals surface area contributed by atoms with E-state index < -0.39 is 12.2 Å². The summed E-state index contributed by atoms with van der Waals surface area (Å²) in [4.78, 5) is 5.87. The summed E-state index contributed by atoms with van der Waals surface area (Å²) >= 11 is 7.01. The average molecular weight is 221 g/mol. The first kappa shape index (κ1) is 9.21. The lowest BCUT2D eigenvalue weighted by atomic mass is 10.3. The number of thiazole rings is 1. The van der Waals surface area contributed by atoms with Crippen molar-refractivity contribution in [1.29, 1.82) is 0 Å². The van der Waals surface area contributed by atoms with E-state index >= 15 is 0 Å². The minimum Gasteiger partial charge on any atom is -0.389 e. The van der Waals surface area contributed by atoms with Crippen molar-refractivity contribution < 1.29 is 10.2 Å². The highest BCUT2D eigenvalue weighted by molar-refractivity contribution is 7.14. The highest BCUT2D eigenvalue weighted by Crippen LogP contribution is 2.25. The summed E-state index contributed by atoms with van der Waals surface area (Å²) in [5.74, 6) is 0.727. The summed E-state index contributed by atoms with van der Waals surface area (Å²) in [6.45, 7) is 0.836. The van der Waals surface area contributed by atoms with E-state index in [-0.39, 0.29) is 0 Å². The van der Waals surface area contributed by atoms with Crippen molar-refractivity contribution in [2.24, 2.45) is 0 Å². The van der Waals surface area contributed by atoms with Crippen LogP contribution >= 0.6 is 22.9 Å². The van der Waals surface area contributed by atoms with Gasteiger partial charge >= 0.3 is 0 Å². The van der Waals surface area contributed by atoms with Gasteiger partial charge in [-0.25, -0.2) is 4.98 Å². The fourth-order valence-electron chi connectivity index (χ4n) is 1.35. The molecule has 0 amide bonds. The fraction of sp³-hybridized carbons (Fsp3) is 0.571. The average Bonchev–Trinajstić information content (AvgIpc) is 2.61. The van der Waals surface area contributed by atoms with E-state index in [9.17, 15) is 10.2 Å². The zero-order valence-electron chi connectivity index (χ0n) is 6.72. The van der Waals surface area contributed by atoms with Crippen molar-refractivity contribution in [2.75, 3.05) is 18.0 Å². The van der Waals surface area contributed by atoms with Gasteiger partial charge in [0.05, 0.1) is 12.2 Å². The van der Waals surface area contributed by atoms with Gasteiger partial charge in [-0.15, -0.1) is 11.3 Å². The molecule has 2 unspecified atom stereocenters. The number of nitrogens with zero attached hydrogens (tertiary/aromatic N) is 2. The lowest BCUT2D eigenvalue weighted by Crippen LogP contribution is -2.22. The van der Waals surface area contributed by atoms with Crippen LogP contribution in [-0.2, 0) is 0 Å². The van der Waals surface area contributed by atoms with Crippen molar-refractivity contribution in [1.82, 2.24) is 4.98 Å². The maximum absolute atomic E-state index is 9.29. The van der Waals surface area contributed by atoms with Crippen LogP contribution < -0.4 is 4.90 Å². The summed E-state index contributed by atoms with van der Waals surface area (Å²) in [5, 5.41) is 20.4. The van der Waals surface area contributed by atoms with Gasteiger partial charge < -0.3 is 15.1 Å². The number of hydrogen-bond acceptors (Lipinski definition) is 5. The monoisotopic (exact) mass is 220 g/mol. The first-order chi connectivity index (χ1) is 6.16. The molecule has 0 saturated carbocycles. The second-order valence-electron chi connectivity index (χ2n) is 3.00. The van der Waals surface area contributed by atoms with E-state index in [1.54, 1.807) is 0 Å². The quantitative estimate of drug-likeness (QED) is 0.717. The molecule has 0 spiro atoms. The van der Waals surface area contributed by atoms with Crippen LogP contribution in [0.25, 0.3) is 0 Å². The predicted molar refractivity (Wildman–Crippen MR) is 51.4 cm³/mol. The molecular weight excluding hydrogens is 212 g/mol. The topological polar surface area (TPSA) is 56.6 Å². The number of rotatable bonds is 1. The van der Waals surface area contributed by atoms with E-state index in [0.29, 0.717) is 17.6 Å². The first-order valence-corrected chi connectivity index (χ1v) is 5.14. The van der Waals surface area contributed by atoms with E-state index in [2.05, 4.69) is 4.98 Å². The maximum Gasteiger partial charge on any atom is 0.185 e. The molecule has 6 heteroatoms. The molecule has 0 bridgehead atoms. The largest absolute Gasteiger partial charge is 0.389 e. The third kappa shape index (κ3) is 1.78. The zero-order chi connectivity index (χ0) is 9.42. The molecule has 1 aliphatic heterocycles. The van der Waals surface area contributed by atoms with Gasteiger partial charge in [0.1, 0.15) is 5.82 Å². The van der Waals surface area contributed by atoms with Crippen LogP contribution in [0.1, 0.15) is 0 Å². The van der Waals surface area contributed by atoms with Gasteiger partial charge in [0.15, 0.2) is 4.47 Å². The second-order valence-corrected chi connectivity index (χ2v) is 4.44. The molecule has 0 aromatic carbocycles. The Kier molecular flexibility index (Phi) is 2.42. The van der Waals surface area contributed by atoms with Gasteiger partial charge in [0, 0.05) is 18.5 Å². The van der Waals surface area contributed by atoms with E-state index in [4.69, 9.17) is 11.6 Å². The van der Waals surface area contributed by atoms with Crippen LogP contribution in [0, 0.1) is 0 Å². The van der Waals surface area contributed by atoms with Gasteiger partial charge in [0.25, 0.3) is 0 Å². The Hall–Kier alpha value is -0.360. The lowest BCUT2D eigenvalue weighted by Gasteiger charge is -2.12. The Bertz CT molecular complexity index is 296. The maximum atomic E-state index is 9.29. The summed E-state index contributed by atoms with van der Waals surface area (Å²) in [5.41, 5.74) is 0. The van der Waals surface area contributed by atoms with Crippen molar-refractivity contribution in [3.8, 4) is 0 Å². The van der Waals surface area contributed by atoms with Gasteiger partial charge in [-0.1, -0.05) is 11.6 Å². The number of halogens is 1. The Morgan fingerprint density at radius 3 is 2.54 bits per heavy atom. The molecule has 72 valence electrons. The molecule has 13 heavy (non-hydrogen) atoms. The highest BCUT2D eigenvalue weighted by Gasteiger charge is 2.30. The molecule has 1 fully saturated rings. The minimum absolute atomic E-state index is 0.418. The molecule has 0 aliphatic carbocycles. The number of β-amino-alcohol motifs (C(OH)–C–C–N with tert-alkyl or cyclic N) is 2. The SMILES string of the molecule is OC1CN(c2csc(Cl)n2)CC1O. The molecule has 0 radical (unpaired) electrons. The van der Waals surface area contributed by atoms with Crippen LogP contribution in [0.5, 0.6) is 0 Å². The molecule has 1 aliphatic rings. The van der Waals surface area contributed by atoms with Crippen LogP contribution in [0.2, 0.25) is 4.47 Å². The Labute approximate surface area is 84.4 Å². The molecule has 4 nitrogen and oxygen atoms in total. The Morgan fingerprint density at radius 1 is 1.46 bits per heavy atom. The van der Waals surface area contributed by atoms with Crippen LogP contribution in [0.4, 0.5) is 5.82 Å². The van der Waals surface area contributed by atoms with Gasteiger partial charge in [-0.2, -0.15) is 0 Å². The molecule has 2 atom stereocenters. The molecule has 1 aromatic rings. The Morgan fingerprint density at radius 2 is 2.08 bits per heavy atom. The number of aromatic nitrogens is 1. The highest BCUT2D eigenvalue weighted by atomic mass is 35.5. The number of aliphatic hydroxyl groups excluding tert-OH is 2. The van der Waals surface area contributed by atoms with E-state index in [1.165, 1.54) is 11.3 Å². The lowest BCUT2D eigenvalue weighted by molar-refractivity contribution is 0.0572. The molecule has 1 saturated heterocycles. The number of hydrogen-bond donors (Lipinski definition) is 2. The van der Waals surface area contributed by atoms with Crippen LogP contribution in [-0.4, -0.2) is 40.5 Å². The smallest absolute Gasteiger partial charge is 0.185 e. The zero-order valence-corrected chi connectivity index (χ0v) is 8.29. The van der Waals surface area contributed by atoms with Crippen molar-refractivity contribution in [2.45, 2.75) is 12.2 Å². The molecule has 2 N–H and O–H groups in total. The molecule has 1 aromatic heterocycles. The van der Waals surface area contributed by atoms with Crippen LogP contribution in [0.3, 0.4) is 0 Å². The van der Waals surface area contributed by atoms with E-state index in [0.717, 1.165) is 5.82 Å². The third-order valence-electron chi connectivity index (χ3n) is 2.05. The molecular formula is C7H9ClN2O2S. The standard InChI is InChI=1S/C7H9ClN2O2S/c8-7-9-6(3-13-7)10-1-4(11)5(12)2-10/h3-5,11-12H,1-2H2. The fourth-order valence-corrected chi connectivity index (χ4v) is 2.12. The van der Waals surface area contributed by atoms with Gasteiger partial charge in [-0.05, 0) is 0 Å². The van der Waals surface area contributed by atoms with Crippen molar-refractivity contribution >= 4 is 28.8 Å². The summed E-state index contributed by atoms with van der Waals surface area (Å²) < 4.78 is 0.478. The number of aliphatic hydroxyl groups is 2. The second kappa shape index (κ2) is 3.42. The van der Waals surface area contributed by atoms with Gasteiger partial charge in [0.2, 0.25) is 0 Å². The predicted octanol–water partition coefficient (Wildman–Crippen LogP) is 0.338. The normalized spacial score (nSPS) is 28.4.